The summed E-state index contributed by atoms with van der Waals surface area (Å²) in [6.07, 6.45) is -2.62. The first kappa shape index (κ1) is 14.3. The molecule has 0 saturated heterocycles. The summed E-state index contributed by atoms with van der Waals surface area (Å²) in [5.41, 5.74) is 7.33. The molecule has 3 rings (SSSR count). The van der Waals surface area contributed by atoms with E-state index >= 15 is 0 Å². The molecular formula is C16H13F3N2O. The topological polar surface area (TPSA) is 51.0 Å². The van der Waals surface area contributed by atoms with Crippen LogP contribution >= 0.6 is 0 Å². The molecule has 3 aromatic rings. The van der Waals surface area contributed by atoms with Crippen LogP contribution in [-0.4, -0.2) is 4.98 Å². The minimum atomic E-state index is -4.38. The lowest BCUT2D eigenvalue weighted by Gasteiger charge is -2.10. The van der Waals surface area contributed by atoms with E-state index in [0.717, 1.165) is 28.6 Å². The largest absolute Gasteiger partial charge is 0.489 e. The van der Waals surface area contributed by atoms with Gasteiger partial charge >= 0.3 is 6.18 Å². The van der Waals surface area contributed by atoms with Gasteiger partial charge in [0.1, 0.15) is 12.4 Å². The van der Waals surface area contributed by atoms with E-state index in [4.69, 9.17) is 10.5 Å². The molecule has 22 heavy (non-hydrogen) atoms. The number of hydrogen-bond donors (Lipinski definition) is 2. The number of fused-ring (bicyclic) bond motifs is 1. The first-order valence-corrected chi connectivity index (χ1v) is 6.59. The Kier molecular flexibility index (Phi) is 3.44. The summed E-state index contributed by atoms with van der Waals surface area (Å²) in [5, 5.41) is 0.932. The third-order valence-corrected chi connectivity index (χ3v) is 3.35. The Labute approximate surface area is 124 Å². The van der Waals surface area contributed by atoms with E-state index in [2.05, 4.69) is 4.98 Å². The first-order chi connectivity index (χ1) is 10.4. The van der Waals surface area contributed by atoms with Crippen LogP contribution in [0.2, 0.25) is 0 Å². The molecule has 1 aromatic heterocycles. The van der Waals surface area contributed by atoms with Gasteiger partial charge in [0.05, 0.1) is 5.56 Å². The van der Waals surface area contributed by atoms with Gasteiger partial charge in [-0.05, 0) is 30.3 Å². The Morgan fingerprint density at radius 2 is 1.91 bits per heavy atom. The molecule has 0 unspecified atom stereocenters. The zero-order valence-electron chi connectivity index (χ0n) is 11.4. The van der Waals surface area contributed by atoms with Gasteiger partial charge in [-0.25, -0.2) is 0 Å². The predicted molar refractivity (Wildman–Crippen MR) is 78.5 cm³/mol. The molecule has 0 aliphatic rings. The van der Waals surface area contributed by atoms with Crippen molar-refractivity contribution in [3.8, 4) is 5.75 Å². The van der Waals surface area contributed by atoms with E-state index in [-0.39, 0.29) is 12.4 Å². The Bertz CT molecular complexity index is 809. The number of rotatable bonds is 3. The second-order valence-electron chi connectivity index (χ2n) is 4.93. The smallest absolute Gasteiger partial charge is 0.416 e. The number of aromatic amines is 1. The average molecular weight is 306 g/mol. The molecule has 1 heterocycles. The third-order valence-electron chi connectivity index (χ3n) is 3.35. The Balaban J connectivity index is 1.80. The minimum absolute atomic E-state index is 0.172. The molecule has 6 heteroatoms. The molecule has 114 valence electrons. The van der Waals surface area contributed by atoms with Crippen molar-refractivity contribution < 1.29 is 17.9 Å². The first-order valence-electron chi connectivity index (χ1n) is 6.59. The van der Waals surface area contributed by atoms with Crippen LogP contribution in [0.25, 0.3) is 10.9 Å². The van der Waals surface area contributed by atoms with E-state index in [1.165, 1.54) is 12.1 Å². The van der Waals surface area contributed by atoms with E-state index in [0.29, 0.717) is 5.69 Å². The molecule has 0 amide bonds. The number of nitrogen functional groups attached to an aromatic ring is 1. The molecule has 0 radical (unpaired) electrons. The summed E-state index contributed by atoms with van der Waals surface area (Å²) in [7, 11) is 0. The predicted octanol–water partition coefficient (Wildman–Crippen LogP) is 4.35. The number of H-pyrrole nitrogens is 1. The van der Waals surface area contributed by atoms with Gasteiger partial charge in [-0.1, -0.05) is 12.1 Å². The molecule has 3 N–H and O–H groups in total. The summed E-state index contributed by atoms with van der Waals surface area (Å²) in [4.78, 5) is 3.06. The fourth-order valence-electron chi connectivity index (χ4n) is 2.25. The zero-order chi connectivity index (χ0) is 15.7. The Morgan fingerprint density at radius 1 is 1.09 bits per heavy atom. The number of hydrogen-bond acceptors (Lipinski definition) is 2. The van der Waals surface area contributed by atoms with Crippen LogP contribution in [0.15, 0.2) is 48.7 Å². The van der Waals surface area contributed by atoms with Gasteiger partial charge in [0.15, 0.2) is 0 Å². The monoisotopic (exact) mass is 306 g/mol. The van der Waals surface area contributed by atoms with Crippen LogP contribution in [0.5, 0.6) is 5.75 Å². The lowest BCUT2D eigenvalue weighted by atomic mass is 10.1. The van der Waals surface area contributed by atoms with Gasteiger partial charge in [-0.15, -0.1) is 0 Å². The third kappa shape index (κ3) is 2.86. The van der Waals surface area contributed by atoms with E-state index in [1.54, 1.807) is 18.3 Å². The fourth-order valence-corrected chi connectivity index (χ4v) is 2.25. The van der Waals surface area contributed by atoms with Gasteiger partial charge in [0.2, 0.25) is 0 Å². The lowest BCUT2D eigenvalue weighted by molar-refractivity contribution is -0.137. The van der Waals surface area contributed by atoms with Gasteiger partial charge < -0.3 is 15.5 Å². The highest BCUT2D eigenvalue weighted by Gasteiger charge is 2.30. The number of anilines is 1. The Hall–Kier alpha value is -2.63. The number of nitrogens with one attached hydrogen (secondary N) is 1. The molecule has 0 atom stereocenters. The van der Waals surface area contributed by atoms with Gasteiger partial charge in [0, 0.05) is 28.4 Å². The van der Waals surface area contributed by atoms with E-state index in [1.807, 2.05) is 6.07 Å². The number of aromatic nitrogens is 1. The maximum Gasteiger partial charge on any atom is 0.416 e. The van der Waals surface area contributed by atoms with Crippen LogP contribution in [0.3, 0.4) is 0 Å². The van der Waals surface area contributed by atoms with Crippen LogP contribution in [0.4, 0.5) is 18.9 Å². The van der Waals surface area contributed by atoms with Gasteiger partial charge in [0.25, 0.3) is 0 Å². The van der Waals surface area contributed by atoms with Crippen LogP contribution in [0.1, 0.15) is 11.1 Å². The van der Waals surface area contributed by atoms with Crippen LogP contribution in [0, 0.1) is 0 Å². The zero-order valence-corrected chi connectivity index (χ0v) is 11.4. The number of nitrogens with two attached hydrogens (primary N) is 1. The lowest BCUT2D eigenvalue weighted by Crippen LogP contribution is -2.05. The van der Waals surface area contributed by atoms with Crippen molar-refractivity contribution in [3.63, 3.8) is 0 Å². The molecule has 0 bridgehead atoms. The second-order valence-corrected chi connectivity index (χ2v) is 4.93. The molecule has 0 aliphatic heterocycles. The molecule has 0 aliphatic carbocycles. The molecular weight excluding hydrogens is 293 g/mol. The quantitative estimate of drug-likeness (QED) is 0.707. The summed E-state index contributed by atoms with van der Waals surface area (Å²) in [5.74, 6) is 0.180. The molecule has 2 aromatic carbocycles. The van der Waals surface area contributed by atoms with Crippen LogP contribution < -0.4 is 10.5 Å². The normalized spacial score (nSPS) is 11.8. The summed E-state index contributed by atoms with van der Waals surface area (Å²) < 4.78 is 43.4. The summed E-state index contributed by atoms with van der Waals surface area (Å²) in [6, 6.07) is 10.3. The van der Waals surface area contributed by atoms with Gasteiger partial charge in [-0.3, -0.25) is 0 Å². The number of benzene rings is 2. The SMILES string of the molecule is Nc1ccc2c(COc3cccc(C(F)(F)F)c3)c[nH]c2c1. The molecule has 3 nitrogen and oxygen atoms in total. The highest BCUT2D eigenvalue weighted by molar-refractivity contribution is 5.85. The van der Waals surface area contributed by atoms with Crippen molar-refractivity contribution in [3.05, 3.63) is 59.8 Å². The summed E-state index contributed by atoms with van der Waals surface area (Å²) >= 11 is 0. The summed E-state index contributed by atoms with van der Waals surface area (Å²) in [6.45, 7) is 0.172. The fraction of sp³-hybridized carbons (Fsp3) is 0.125. The Morgan fingerprint density at radius 3 is 2.68 bits per heavy atom. The number of alkyl halides is 3. The maximum absolute atomic E-state index is 12.7. The number of halogens is 3. The second kappa shape index (κ2) is 5.29. The van der Waals surface area contributed by atoms with E-state index in [9.17, 15) is 13.2 Å². The van der Waals surface area contributed by atoms with Crippen molar-refractivity contribution >= 4 is 16.6 Å². The maximum atomic E-state index is 12.7. The van der Waals surface area contributed by atoms with Gasteiger partial charge in [-0.2, -0.15) is 13.2 Å². The molecule has 0 fully saturated rings. The van der Waals surface area contributed by atoms with E-state index < -0.39 is 11.7 Å². The highest BCUT2D eigenvalue weighted by atomic mass is 19.4. The van der Waals surface area contributed by atoms with Crippen molar-refractivity contribution in [2.75, 3.05) is 5.73 Å². The molecule has 0 spiro atoms. The molecule has 0 saturated carbocycles. The highest BCUT2D eigenvalue weighted by Crippen LogP contribution is 2.31. The average Bonchev–Trinajstić information content (AvgIpc) is 2.86. The van der Waals surface area contributed by atoms with Crippen molar-refractivity contribution in [2.45, 2.75) is 12.8 Å². The minimum Gasteiger partial charge on any atom is -0.489 e. The number of ether oxygens (including phenoxy) is 1. The van der Waals surface area contributed by atoms with Crippen molar-refractivity contribution in [2.24, 2.45) is 0 Å². The standard InChI is InChI=1S/C16H13F3N2O/c17-16(18,19)11-2-1-3-13(6-11)22-9-10-8-21-15-7-12(20)4-5-14(10)15/h1-8,21H,9,20H2. The van der Waals surface area contributed by atoms with Crippen molar-refractivity contribution in [1.29, 1.82) is 0 Å². The van der Waals surface area contributed by atoms with Crippen LogP contribution in [-0.2, 0) is 12.8 Å². The van der Waals surface area contributed by atoms with Crippen molar-refractivity contribution in [1.82, 2.24) is 4.98 Å².